The highest BCUT2D eigenvalue weighted by Crippen LogP contribution is 2.32. The molecule has 33 nitrogen and oxygen atoms in total. The molecule has 6 atom stereocenters. The molecule has 3 aliphatic heterocycles. The molecular weight excluding hydrogens is 1560 g/mol. The van der Waals surface area contributed by atoms with Gasteiger partial charge in [-0.15, -0.1) is 0 Å². The minimum atomic E-state index is -4.02. The van der Waals surface area contributed by atoms with Gasteiger partial charge < -0.3 is 64.8 Å². The van der Waals surface area contributed by atoms with Crippen molar-refractivity contribution < 1.29 is 97.2 Å². The second-order valence-electron chi connectivity index (χ2n) is 29.7. The van der Waals surface area contributed by atoms with Gasteiger partial charge in [0.25, 0.3) is 0 Å². The number of benzene rings is 6. The van der Waals surface area contributed by atoms with Crippen molar-refractivity contribution in [1.82, 2.24) is 43.6 Å². The van der Waals surface area contributed by atoms with Crippen LogP contribution in [0.3, 0.4) is 0 Å². The molecule has 3 aliphatic rings. The van der Waals surface area contributed by atoms with E-state index in [1.807, 2.05) is 0 Å². The third-order valence-electron chi connectivity index (χ3n) is 17.8. The van der Waals surface area contributed by atoms with Crippen LogP contribution in [-0.2, 0) is 87.6 Å². The van der Waals surface area contributed by atoms with E-state index in [4.69, 9.17) is 36.8 Å². The molecule has 6 aromatic rings. The normalized spacial score (nSPS) is 16.5. The lowest BCUT2D eigenvalue weighted by atomic mass is 10.0. The maximum Gasteiger partial charge on any atom is 0.414 e. The van der Waals surface area contributed by atoms with E-state index in [0.717, 1.165) is 14.3 Å². The maximum atomic E-state index is 13.4. The van der Waals surface area contributed by atoms with Crippen LogP contribution in [0, 0.1) is 13.1 Å². The van der Waals surface area contributed by atoms with Crippen LogP contribution in [0.5, 0.6) is 17.2 Å². The van der Waals surface area contributed by atoms with E-state index in [9.17, 15) is 73.5 Å². The summed E-state index contributed by atoms with van der Waals surface area (Å²) in [5.74, 6) is -3.51. The molecule has 5 N–H and O–H groups in total. The summed E-state index contributed by atoms with van der Waals surface area (Å²) in [6.45, 7) is 24.8. The van der Waals surface area contributed by atoms with E-state index in [2.05, 4.69) is 31.0 Å². The molecule has 6 aromatic carbocycles. The first-order chi connectivity index (χ1) is 54.4. The van der Waals surface area contributed by atoms with Gasteiger partial charge in [-0.2, -0.15) is 12.9 Å². The number of carboxylic acid groups (broad SMARTS) is 1. The molecule has 0 bridgehead atoms. The summed E-state index contributed by atoms with van der Waals surface area (Å²) in [4.78, 5) is 124. The summed E-state index contributed by atoms with van der Waals surface area (Å²) in [5, 5.41) is 20.5. The molecule has 0 saturated carbocycles. The number of carbonyl (C=O) groups is 9. The predicted molar refractivity (Wildman–Crippen MR) is 427 cm³/mol. The number of esters is 2. The van der Waals surface area contributed by atoms with E-state index in [1.54, 1.807) is 164 Å². The number of hydrogen-bond donors (Lipinski definition) is 5. The van der Waals surface area contributed by atoms with Gasteiger partial charge in [0.05, 0.1) is 27.8 Å². The Kier molecular flexibility index (Phi) is 31.7. The third-order valence-corrected chi connectivity index (χ3v) is 23.6. The van der Waals surface area contributed by atoms with Crippen LogP contribution in [-0.4, -0.2) is 228 Å². The van der Waals surface area contributed by atoms with Crippen molar-refractivity contribution in [1.29, 1.82) is 0 Å². The summed E-state index contributed by atoms with van der Waals surface area (Å²) in [6, 6.07) is 30.0. The van der Waals surface area contributed by atoms with Gasteiger partial charge in [-0.05, 0) is 157 Å². The Labute approximate surface area is 676 Å². The number of amides is 6. The SMILES string of the molecule is CNc1ccc(S(=O)(=O)N2CCC[C@H]2C(=O)N[C@@H](Cc2ccc(OC(=O)N(C)C)cc2)C(=O)OC(C)(C)C)cc1.[C-]#[N+]c1ccc(S(=O)(=O)N2CCC[C@H]2C(=O)N[C@@H](Cc2ccc(OC(=O)N(C)C)cc2)C(=O)O)cc1.[C-]#[N+]c1ccc(S(=O)(=O)N2CCC[C@H]2C(=O)N[C@@H](Cc2ccc(OC(=O)N(C)C)cc2)C(=O)OC(C)(C)C)cc1. The largest absolute Gasteiger partial charge is 0.480 e. The van der Waals surface area contributed by atoms with Gasteiger partial charge in [0.15, 0.2) is 11.4 Å². The number of rotatable bonds is 25. The molecule has 0 unspecified atom stereocenters. The first-order valence-corrected chi connectivity index (χ1v) is 41.1. The van der Waals surface area contributed by atoms with Crippen molar-refractivity contribution in [3.8, 4) is 17.2 Å². The molecule has 6 amide bonds. The molecule has 3 fully saturated rings. The minimum Gasteiger partial charge on any atom is -0.480 e. The number of aliphatic carboxylic acids is 1. The van der Waals surface area contributed by atoms with Crippen molar-refractivity contribution in [3.63, 3.8) is 0 Å². The van der Waals surface area contributed by atoms with Gasteiger partial charge in [-0.1, -0.05) is 84.9 Å². The Balaban J connectivity index is 0.000000241. The fourth-order valence-corrected chi connectivity index (χ4v) is 16.9. The summed E-state index contributed by atoms with van der Waals surface area (Å²) >= 11 is 0. The van der Waals surface area contributed by atoms with Gasteiger partial charge in [0.2, 0.25) is 47.8 Å². The Morgan fingerprint density at radius 1 is 0.431 bits per heavy atom. The van der Waals surface area contributed by atoms with E-state index in [-0.39, 0.29) is 77.9 Å². The Morgan fingerprint density at radius 3 is 0.931 bits per heavy atom. The van der Waals surface area contributed by atoms with Crippen LogP contribution in [0.4, 0.5) is 31.4 Å². The lowest BCUT2D eigenvalue weighted by Gasteiger charge is -2.28. The number of ether oxygens (including phenoxy) is 5. The van der Waals surface area contributed by atoms with E-state index in [0.29, 0.717) is 59.6 Å². The molecule has 3 saturated heterocycles. The quantitative estimate of drug-likeness (QED) is 0.0264. The fraction of sp³-hybridized carbons (Fsp3) is 0.412. The lowest BCUT2D eigenvalue weighted by Crippen LogP contribution is -2.52. The topological polar surface area (TPSA) is 399 Å². The zero-order chi connectivity index (χ0) is 85.8. The molecule has 0 radical (unpaired) electrons. The van der Waals surface area contributed by atoms with Crippen molar-refractivity contribution in [2.24, 2.45) is 0 Å². The van der Waals surface area contributed by atoms with E-state index < -0.39 is 131 Å². The van der Waals surface area contributed by atoms with Crippen molar-refractivity contribution in [2.75, 3.05) is 74.3 Å². The summed E-state index contributed by atoms with van der Waals surface area (Å²) < 4.78 is 110. The van der Waals surface area contributed by atoms with Gasteiger partial charge in [0.1, 0.15) is 64.7 Å². The van der Waals surface area contributed by atoms with Crippen LogP contribution in [0.15, 0.2) is 160 Å². The first-order valence-electron chi connectivity index (χ1n) is 36.8. The Morgan fingerprint density at radius 2 is 0.690 bits per heavy atom. The average molecular weight is 1660 g/mol. The predicted octanol–water partition coefficient (Wildman–Crippen LogP) is 8.79. The number of hydrogen-bond acceptors (Lipinski definition) is 21. The number of carbonyl (C=O) groups excluding carboxylic acids is 8. The smallest absolute Gasteiger partial charge is 0.414 e. The standard InChI is InChI=1S/C28H38N4O7S.C28H34N4O7S.C24H26N4O7S/c2*1-28(2,3)39-26(34)23(18-19-9-13-21(14-10-19)38-27(35)31(5)6)30-25(33)24-8-7-17-32(24)40(36,37)22-15-11-20(29-4)12-16-22;1-25-17-8-12-19(13-9-17)36(33,34)28-14-4-5-21(28)22(29)26-20(23(30)31)15-16-6-10-18(11-7-16)35-24(32)27(2)3/h9-16,23-24,29H,7-8,17-18H2,1-6H3,(H,30,33);9-16,23-24H,7-8,17-18H2,1-3,5-6H3,(H,30,33);6-13,20-21H,4-5,14-15H2,2-3H3,(H,26,29)(H,30,31)/t2*23-,24-;20-,21-/m000/s1. The van der Waals surface area contributed by atoms with E-state index in [1.165, 1.54) is 91.8 Å². The monoisotopic (exact) mass is 1660 g/mol. The molecular formula is C80H98N12O21S3. The molecule has 36 heteroatoms. The number of nitrogens with one attached hydrogen (secondary N) is 4. The van der Waals surface area contributed by atoms with Crippen LogP contribution in [0.1, 0.15) is 96.8 Å². The van der Waals surface area contributed by atoms with Crippen LogP contribution < -0.4 is 35.5 Å². The van der Waals surface area contributed by atoms with Crippen LogP contribution >= 0.6 is 0 Å². The number of sulfonamides is 3. The number of nitrogens with zero attached hydrogens (tertiary/aromatic N) is 8. The van der Waals surface area contributed by atoms with Crippen molar-refractivity contribution in [3.05, 3.63) is 185 Å². The molecule has 0 spiro atoms. The second-order valence-corrected chi connectivity index (χ2v) is 35.4. The zero-order valence-corrected chi connectivity index (χ0v) is 69.2. The lowest BCUT2D eigenvalue weighted by molar-refractivity contribution is -0.159. The van der Waals surface area contributed by atoms with Crippen molar-refractivity contribution >= 4 is 101 Å². The minimum absolute atomic E-state index is 0.0154. The summed E-state index contributed by atoms with van der Waals surface area (Å²) in [6.07, 6.45) is 0.783. The first kappa shape index (κ1) is 91.6. The van der Waals surface area contributed by atoms with E-state index >= 15 is 0 Å². The van der Waals surface area contributed by atoms with Crippen LogP contribution in [0.2, 0.25) is 0 Å². The Hall–Kier alpha value is -11.5. The fourth-order valence-electron chi connectivity index (χ4n) is 12.0. The summed E-state index contributed by atoms with van der Waals surface area (Å²) in [5.41, 5.74) is 1.66. The molecule has 116 heavy (non-hydrogen) atoms. The summed E-state index contributed by atoms with van der Waals surface area (Å²) in [7, 11) is -0.886. The molecule has 3 heterocycles. The maximum absolute atomic E-state index is 13.4. The molecule has 0 aromatic heterocycles. The van der Waals surface area contributed by atoms with Gasteiger partial charge in [0, 0.05) is 93.9 Å². The average Bonchev–Trinajstić information content (AvgIpc) is 1.58. The van der Waals surface area contributed by atoms with Crippen LogP contribution in [0.25, 0.3) is 9.69 Å². The van der Waals surface area contributed by atoms with Gasteiger partial charge >= 0.3 is 36.2 Å². The van der Waals surface area contributed by atoms with Gasteiger partial charge in [-0.3, -0.25) is 14.4 Å². The Bertz CT molecular complexity index is 4930. The second kappa shape index (κ2) is 40.2. The third kappa shape index (κ3) is 25.7. The van der Waals surface area contributed by atoms with Crippen molar-refractivity contribution in [2.45, 2.75) is 161 Å². The molecule has 622 valence electrons. The molecule has 0 aliphatic carbocycles. The highest BCUT2D eigenvalue weighted by atomic mass is 32.2. The number of anilines is 1. The number of carboxylic acids is 1. The zero-order valence-electron chi connectivity index (χ0n) is 66.7. The highest BCUT2D eigenvalue weighted by Gasteiger charge is 2.44. The highest BCUT2D eigenvalue weighted by molar-refractivity contribution is 7.89. The van der Waals surface area contributed by atoms with Gasteiger partial charge in [-0.25, -0.2) is 63.7 Å². The molecule has 9 rings (SSSR count).